The lowest BCUT2D eigenvalue weighted by molar-refractivity contribution is -0.137. The van der Waals surface area contributed by atoms with Gasteiger partial charge < -0.3 is 0 Å². The van der Waals surface area contributed by atoms with Crippen molar-refractivity contribution in [2.75, 3.05) is 0 Å². The smallest absolute Gasteiger partial charge is 0.261 e. The average molecular weight is 310 g/mol. The third-order valence-electron chi connectivity index (χ3n) is 2.48. The molecule has 0 radical (unpaired) electrons. The summed E-state index contributed by atoms with van der Waals surface area (Å²) < 4.78 is 37.0. The van der Waals surface area contributed by atoms with Gasteiger partial charge in [-0.25, -0.2) is 0 Å². The first-order valence-corrected chi connectivity index (χ1v) is 6.18. The van der Waals surface area contributed by atoms with Crippen LogP contribution >= 0.6 is 15.9 Å². The Kier molecular flexibility index (Phi) is 4.23. The molecule has 1 aromatic rings. The van der Waals surface area contributed by atoms with E-state index in [2.05, 4.69) is 41.7 Å². The van der Waals surface area contributed by atoms with Crippen LogP contribution in [0, 0.1) is 5.41 Å². The molecule has 1 aromatic heterocycles. The summed E-state index contributed by atoms with van der Waals surface area (Å²) in [5, 5.41) is 0. The van der Waals surface area contributed by atoms with Crippen LogP contribution in [0.3, 0.4) is 0 Å². The summed E-state index contributed by atoms with van der Waals surface area (Å²) >= 11 is 3.53. The van der Waals surface area contributed by atoms with Gasteiger partial charge >= 0.3 is 6.18 Å². The minimum Gasteiger partial charge on any atom is -0.261 e. The van der Waals surface area contributed by atoms with E-state index in [0.717, 1.165) is 12.3 Å². The van der Waals surface area contributed by atoms with Crippen LogP contribution in [0.5, 0.6) is 0 Å². The van der Waals surface area contributed by atoms with E-state index in [1.807, 2.05) is 0 Å². The van der Waals surface area contributed by atoms with Gasteiger partial charge in [-0.3, -0.25) is 4.98 Å². The molecule has 0 bridgehead atoms. The zero-order valence-corrected chi connectivity index (χ0v) is 11.6. The molecule has 0 aliphatic rings. The fourth-order valence-electron chi connectivity index (χ4n) is 1.20. The number of nitrogens with zero attached hydrogens (tertiary/aromatic N) is 1. The third-order valence-corrected chi connectivity index (χ3v) is 4.18. The van der Waals surface area contributed by atoms with Gasteiger partial charge in [0.25, 0.3) is 0 Å². The molecule has 0 aromatic carbocycles. The molecular formula is C12H15BrF3N. The molecule has 1 heterocycles. The van der Waals surface area contributed by atoms with Gasteiger partial charge in [-0.05, 0) is 17.5 Å². The number of hydrogen-bond acceptors (Lipinski definition) is 1. The van der Waals surface area contributed by atoms with Crippen LogP contribution in [0.15, 0.2) is 18.3 Å². The van der Waals surface area contributed by atoms with Gasteiger partial charge in [-0.2, -0.15) is 13.2 Å². The maximum atomic E-state index is 12.3. The van der Waals surface area contributed by atoms with Gasteiger partial charge in [-0.1, -0.05) is 36.7 Å². The fourth-order valence-corrected chi connectivity index (χ4v) is 1.53. The van der Waals surface area contributed by atoms with Gasteiger partial charge in [0.1, 0.15) is 0 Å². The second-order valence-corrected chi connectivity index (χ2v) is 6.18. The van der Waals surface area contributed by atoms with Crippen LogP contribution in [0.2, 0.25) is 0 Å². The molecule has 1 atom stereocenters. The van der Waals surface area contributed by atoms with Crippen LogP contribution in [0.1, 0.15) is 32.0 Å². The Hall–Kier alpha value is -0.580. The van der Waals surface area contributed by atoms with E-state index in [0.29, 0.717) is 12.1 Å². The lowest BCUT2D eigenvalue weighted by Gasteiger charge is -2.25. The molecule has 0 saturated carbocycles. The van der Waals surface area contributed by atoms with Crippen molar-refractivity contribution in [3.8, 4) is 0 Å². The average Bonchev–Trinajstić information content (AvgIpc) is 2.15. The second-order valence-electron chi connectivity index (χ2n) is 5.07. The van der Waals surface area contributed by atoms with Gasteiger partial charge in [0.15, 0.2) is 0 Å². The highest BCUT2D eigenvalue weighted by molar-refractivity contribution is 9.09. The minimum absolute atomic E-state index is 0.0460. The zero-order valence-electron chi connectivity index (χ0n) is 9.98. The Bertz CT molecular complexity index is 365. The standard InChI is InChI=1S/C12H15BrF3N/c1-11(2,3)10(13)6-9-5-4-8(7-17-9)12(14,15)16/h4-5,7,10H,6H2,1-3H3. The lowest BCUT2D eigenvalue weighted by Crippen LogP contribution is -2.22. The Morgan fingerprint density at radius 3 is 2.18 bits per heavy atom. The number of pyridine rings is 1. The van der Waals surface area contributed by atoms with Crippen molar-refractivity contribution >= 4 is 15.9 Å². The van der Waals surface area contributed by atoms with E-state index >= 15 is 0 Å². The van der Waals surface area contributed by atoms with E-state index in [4.69, 9.17) is 0 Å². The second kappa shape index (κ2) is 4.96. The molecular weight excluding hydrogens is 295 g/mol. The molecule has 0 amide bonds. The molecule has 1 nitrogen and oxygen atoms in total. The fraction of sp³-hybridized carbons (Fsp3) is 0.583. The first-order chi connectivity index (χ1) is 7.60. The van der Waals surface area contributed by atoms with Crippen molar-refractivity contribution in [1.82, 2.24) is 4.98 Å². The lowest BCUT2D eigenvalue weighted by atomic mass is 9.89. The van der Waals surface area contributed by atoms with E-state index in [1.165, 1.54) is 6.07 Å². The molecule has 0 aliphatic carbocycles. The van der Waals surface area contributed by atoms with Gasteiger partial charge in [0.05, 0.1) is 5.56 Å². The highest BCUT2D eigenvalue weighted by atomic mass is 79.9. The Balaban J connectivity index is 2.76. The maximum absolute atomic E-state index is 12.3. The van der Waals surface area contributed by atoms with E-state index in [-0.39, 0.29) is 10.2 Å². The van der Waals surface area contributed by atoms with E-state index in [1.54, 1.807) is 0 Å². The van der Waals surface area contributed by atoms with Gasteiger partial charge in [0, 0.05) is 23.1 Å². The van der Waals surface area contributed by atoms with Crippen LogP contribution in [-0.4, -0.2) is 9.81 Å². The number of hydrogen-bond donors (Lipinski definition) is 0. The molecule has 5 heteroatoms. The summed E-state index contributed by atoms with van der Waals surface area (Å²) in [5.41, 5.74) is 0.00243. The molecule has 1 rings (SSSR count). The van der Waals surface area contributed by atoms with E-state index < -0.39 is 11.7 Å². The van der Waals surface area contributed by atoms with Crippen LogP contribution in [0.25, 0.3) is 0 Å². The largest absolute Gasteiger partial charge is 0.417 e. The van der Waals surface area contributed by atoms with Gasteiger partial charge in [-0.15, -0.1) is 0 Å². The number of halogens is 4. The third kappa shape index (κ3) is 4.30. The van der Waals surface area contributed by atoms with Crippen molar-refractivity contribution in [2.45, 2.75) is 38.2 Å². The summed E-state index contributed by atoms with van der Waals surface area (Å²) in [7, 11) is 0. The van der Waals surface area contributed by atoms with Crippen molar-refractivity contribution in [1.29, 1.82) is 0 Å². The molecule has 0 fully saturated rings. The predicted octanol–water partition coefficient (Wildman–Crippen LogP) is 4.45. The summed E-state index contributed by atoms with van der Waals surface area (Å²) in [6, 6.07) is 2.51. The highest BCUT2D eigenvalue weighted by Crippen LogP contribution is 2.30. The van der Waals surface area contributed by atoms with Crippen molar-refractivity contribution in [2.24, 2.45) is 5.41 Å². The van der Waals surface area contributed by atoms with Crippen LogP contribution in [-0.2, 0) is 12.6 Å². The molecule has 0 aliphatic heterocycles. The highest BCUT2D eigenvalue weighted by Gasteiger charge is 2.31. The summed E-state index contributed by atoms with van der Waals surface area (Å²) in [5.74, 6) is 0. The summed E-state index contributed by atoms with van der Waals surface area (Å²) in [4.78, 5) is 4.03. The first kappa shape index (κ1) is 14.5. The topological polar surface area (TPSA) is 12.9 Å². The number of alkyl halides is 4. The molecule has 0 saturated heterocycles. The Morgan fingerprint density at radius 1 is 1.24 bits per heavy atom. The molecule has 0 spiro atoms. The minimum atomic E-state index is -4.32. The van der Waals surface area contributed by atoms with Crippen molar-refractivity contribution in [3.05, 3.63) is 29.6 Å². The SMILES string of the molecule is CC(C)(C)C(Br)Cc1ccc(C(F)(F)F)cn1. The normalized spacial score (nSPS) is 14.8. The number of rotatable bonds is 2. The summed E-state index contributed by atoms with van der Waals surface area (Å²) in [6.07, 6.45) is -2.82. The van der Waals surface area contributed by atoms with Gasteiger partial charge in [0.2, 0.25) is 0 Å². The molecule has 17 heavy (non-hydrogen) atoms. The quantitative estimate of drug-likeness (QED) is 0.735. The Morgan fingerprint density at radius 2 is 1.82 bits per heavy atom. The first-order valence-electron chi connectivity index (χ1n) is 5.27. The summed E-state index contributed by atoms with van der Waals surface area (Å²) in [6.45, 7) is 6.20. The van der Waals surface area contributed by atoms with E-state index in [9.17, 15) is 13.2 Å². The Labute approximate surface area is 108 Å². The molecule has 96 valence electrons. The molecule has 1 unspecified atom stereocenters. The number of aromatic nitrogens is 1. The van der Waals surface area contributed by atoms with Crippen molar-refractivity contribution in [3.63, 3.8) is 0 Å². The van der Waals surface area contributed by atoms with Crippen LogP contribution in [0.4, 0.5) is 13.2 Å². The maximum Gasteiger partial charge on any atom is 0.417 e. The van der Waals surface area contributed by atoms with Crippen LogP contribution < -0.4 is 0 Å². The monoisotopic (exact) mass is 309 g/mol. The zero-order chi connectivity index (χ0) is 13.3. The van der Waals surface area contributed by atoms with Crippen molar-refractivity contribution < 1.29 is 13.2 Å². The molecule has 0 N–H and O–H groups in total. The predicted molar refractivity (Wildman–Crippen MR) is 65.1 cm³/mol.